The van der Waals surface area contributed by atoms with Crippen molar-refractivity contribution in [3.05, 3.63) is 58.7 Å². The van der Waals surface area contributed by atoms with E-state index in [1.165, 1.54) is 6.07 Å². The molecule has 172 valence electrons. The lowest BCUT2D eigenvalue weighted by molar-refractivity contribution is -0.140. The summed E-state index contributed by atoms with van der Waals surface area (Å²) in [5, 5.41) is -0.728. The van der Waals surface area contributed by atoms with Gasteiger partial charge in [0.15, 0.2) is 0 Å². The zero-order valence-corrected chi connectivity index (χ0v) is 17.6. The first kappa shape index (κ1) is 25.5. The molecule has 0 radical (unpaired) electrons. The zero-order chi connectivity index (χ0) is 23.6. The predicted octanol–water partition coefficient (Wildman–Crippen LogP) is 7.67. The Morgan fingerprint density at radius 2 is 1.26 bits per heavy atom. The van der Waals surface area contributed by atoms with E-state index < -0.39 is 49.1 Å². The number of alkyl halides is 9. The average Bonchev–Trinajstić information content (AvgIpc) is 2.63. The minimum atomic E-state index is -4.94. The normalized spacial score (nSPS) is 14.4. The van der Waals surface area contributed by atoms with Crippen molar-refractivity contribution < 1.29 is 39.5 Å². The van der Waals surface area contributed by atoms with Gasteiger partial charge in [-0.05, 0) is 58.8 Å². The summed E-state index contributed by atoms with van der Waals surface area (Å²) in [7, 11) is -1.02. The molecule has 0 N–H and O–H groups in total. The Hall–Kier alpha value is -1.76. The van der Waals surface area contributed by atoms with E-state index >= 15 is 0 Å². The van der Waals surface area contributed by atoms with Gasteiger partial charge in [0.1, 0.15) is 0 Å². The van der Waals surface area contributed by atoms with Gasteiger partial charge >= 0.3 is 18.5 Å². The van der Waals surface area contributed by atoms with E-state index in [4.69, 9.17) is 0 Å². The number of halogens is 9. The molecule has 10 heteroatoms. The van der Waals surface area contributed by atoms with Crippen molar-refractivity contribution in [2.24, 2.45) is 0 Å². The molecule has 2 atom stereocenters. The van der Waals surface area contributed by atoms with Gasteiger partial charge in [0.2, 0.25) is 0 Å². The summed E-state index contributed by atoms with van der Waals surface area (Å²) in [4.78, 5) is 0. The molecule has 0 amide bonds. The second kappa shape index (κ2) is 9.39. The van der Waals surface area contributed by atoms with Gasteiger partial charge < -0.3 is 0 Å². The third-order valence-electron chi connectivity index (χ3n) is 4.82. The molecule has 0 aliphatic heterocycles. The number of hydrogen-bond acceptors (Lipinski definition) is 0. The van der Waals surface area contributed by atoms with Gasteiger partial charge in [-0.2, -0.15) is 39.5 Å². The molecule has 0 aromatic heterocycles. The molecule has 0 nitrogen and oxygen atoms in total. The van der Waals surface area contributed by atoms with E-state index in [-0.39, 0.29) is 11.2 Å². The molecule has 0 saturated heterocycles. The fraction of sp³-hybridized carbons (Fsp3) is 0.429. The smallest absolute Gasteiger partial charge is 0.166 e. The highest BCUT2D eigenvalue weighted by Gasteiger charge is 2.37. The van der Waals surface area contributed by atoms with Crippen LogP contribution < -0.4 is 10.6 Å². The van der Waals surface area contributed by atoms with Crippen molar-refractivity contribution in [2.75, 3.05) is 0 Å². The van der Waals surface area contributed by atoms with Crippen LogP contribution >= 0.6 is 8.58 Å². The second-order valence-corrected chi connectivity index (χ2v) is 8.55. The number of rotatable bonds is 6. The SMILES string of the molecule is CCCCC(C)c1ccc(C(F)(F)F)cc1Pc1cc(C(F)(F)F)ccc1C(F)(F)F. The maximum atomic E-state index is 13.4. The fourth-order valence-corrected chi connectivity index (χ4v) is 4.73. The second-order valence-electron chi connectivity index (χ2n) is 7.22. The molecule has 0 bridgehead atoms. The number of hydrogen-bond donors (Lipinski definition) is 0. The van der Waals surface area contributed by atoms with Crippen LogP contribution in [0.5, 0.6) is 0 Å². The molecule has 0 heterocycles. The summed E-state index contributed by atoms with van der Waals surface area (Å²) in [6, 6.07) is 3.85. The molecule has 0 aliphatic carbocycles. The van der Waals surface area contributed by atoms with Crippen molar-refractivity contribution in [2.45, 2.75) is 57.6 Å². The highest BCUT2D eigenvalue weighted by atomic mass is 31.1. The van der Waals surface area contributed by atoms with E-state index in [0.29, 0.717) is 30.2 Å². The Bertz CT molecular complexity index is 895. The molecule has 2 unspecified atom stereocenters. The van der Waals surface area contributed by atoms with Crippen LogP contribution in [0.2, 0.25) is 0 Å². The van der Waals surface area contributed by atoms with Crippen molar-refractivity contribution in [3.8, 4) is 0 Å². The first-order valence-corrected chi connectivity index (χ1v) is 10.4. The first-order valence-electron chi connectivity index (χ1n) is 9.41. The lowest BCUT2D eigenvalue weighted by atomic mass is 9.94. The van der Waals surface area contributed by atoms with E-state index in [0.717, 1.165) is 25.0 Å². The summed E-state index contributed by atoms with van der Waals surface area (Å²) in [6.07, 6.45) is -12.4. The Balaban J connectivity index is 2.64. The van der Waals surface area contributed by atoms with Gasteiger partial charge in [-0.1, -0.05) is 41.3 Å². The van der Waals surface area contributed by atoms with E-state index in [1.807, 2.05) is 6.92 Å². The lowest BCUT2D eigenvalue weighted by Gasteiger charge is -2.21. The van der Waals surface area contributed by atoms with Crippen LogP contribution in [0.4, 0.5) is 39.5 Å². The molecule has 0 spiro atoms. The van der Waals surface area contributed by atoms with E-state index in [1.54, 1.807) is 6.92 Å². The predicted molar refractivity (Wildman–Crippen MR) is 103 cm³/mol. The van der Waals surface area contributed by atoms with Gasteiger partial charge in [-0.3, -0.25) is 0 Å². The Labute approximate surface area is 175 Å². The summed E-state index contributed by atoms with van der Waals surface area (Å²) < 4.78 is 119. The minimum absolute atomic E-state index is 0.0387. The topological polar surface area (TPSA) is 0 Å². The van der Waals surface area contributed by atoms with Crippen LogP contribution in [0, 0.1) is 0 Å². The molecule has 2 rings (SSSR count). The third kappa shape index (κ3) is 6.61. The number of benzene rings is 2. The molecule has 31 heavy (non-hydrogen) atoms. The van der Waals surface area contributed by atoms with Gasteiger partial charge in [0, 0.05) is 0 Å². The van der Waals surface area contributed by atoms with Gasteiger partial charge in [-0.25, -0.2) is 0 Å². The van der Waals surface area contributed by atoms with Gasteiger partial charge in [0.05, 0.1) is 16.7 Å². The zero-order valence-electron chi connectivity index (χ0n) is 16.6. The summed E-state index contributed by atoms with van der Waals surface area (Å²) >= 11 is 0. The van der Waals surface area contributed by atoms with Gasteiger partial charge in [0.25, 0.3) is 0 Å². The van der Waals surface area contributed by atoms with E-state index in [9.17, 15) is 39.5 Å². The maximum absolute atomic E-state index is 13.4. The first-order chi connectivity index (χ1) is 14.1. The summed E-state index contributed by atoms with van der Waals surface area (Å²) in [6.45, 7) is 3.66. The molecule has 0 saturated carbocycles. The van der Waals surface area contributed by atoms with Crippen LogP contribution in [0.3, 0.4) is 0 Å². The van der Waals surface area contributed by atoms with Crippen LogP contribution in [0.1, 0.15) is 61.3 Å². The molecule has 0 aliphatic rings. The highest BCUT2D eigenvalue weighted by Crippen LogP contribution is 2.37. The largest absolute Gasteiger partial charge is 0.417 e. The quantitative estimate of drug-likeness (QED) is 0.298. The van der Waals surface area contributed by atoms with Crippen LogP contribution in [0.15, 0.2) is 36.4 Å². The Morgan fingerprint density at radius 3 is 1.74 bits per heavy atom. The standard InChI is InChI=1S/C21H20F9P/c1-3-4-5-12(2)15-8-6-13(19(22,23)24)10-17(15)31-18-11-14(20(25,26)27)7-9-16(18)21(28,29)30/h6-12,31H,3-5H2,1-2H3. The summed E-state index contributed by atoms with van der Waals surface area (Å²) in [5.41, 5.74) is -3.22. The molecule has 0 fully saturated rings. The fourth-order valence-electron chi connectivity index (χ4n) is 3.15. The molecule has 2 aromatic rings. The Morgan fingerprint density at radius 1 is 0.742 bits per heavy atom. The van der Waals surface area contributed by atoms with Crippen molar-refractivity contribution >= 4 is 19.2 Å². The van der Waals surface area contributed by atoms with Crippen LogP contribution in [-0.2, 0) is 18.5 Å². The number of unbranched alkanes of at least 4 members (excludes halogenated alkanes) is 1. The average molecular weight is 474 g/mol. The van der Waals surface area contributed by atoms with Crippen molar-refractivity contribution in [3.63, 3.8) is 0 Å². The maximum Gasteiger partial charge on any atom is 0.417 e. The molecular weight excluding hydrogens is 454 g/mol. The van der Waals surface area contributed by atoms with Gasteiger partial charge in [-0.15, -0.1) is 0 Å². The third-order valence-corrected chi connectivity index (χ3v) is 6.21. The summed E-state index contributed by atoms with van der Waals surface area (Å²) in [5.74, 6) is -0.259. The van der Waals surface area contributed by atoms with Crippen molar-refractivity contribution in [1.29, 1.82) is 0 Å². The lowest BCUT2D eigenvalue weighted by Crippen LogP contribution is -2.22. The highest BCUT2D eigenvalue weighted by molar-refractivity contribution is 7.55. The van der Waals surface area contributed by atoms with E-state index in [2.05, 4.69) is 0 Å². The minimum Gasteiger partial charge on any atom is -0.166 e. The molecular formula is C21H20F9P. The molecule has 2 aromatic carbocycles. The van der Waals surface area contributed by atoms with Crippen LogP contribution in [0.25, 0.3) is 0 Å². The Kier molecular flexibility index (Phi) is 7.72. The van der Waals surface area contributed by atoms with Crippen molar-refractivity contribution in [1.82, 2.24) is 0 Å². The van der Waals surface area contributed by atoms with Crippen LogP contribution in [-0.4, -0.2) is 0 Å². The monoisotopic (exact) mass is 474 g/mol.